The summed E-state index contributed by atoms with van der Waals surface area (Å²) in [5, 5.41) is 0. The molecule has 0 amide bonds. The number of hydrogen-bond donors (Lipinski definition) is 1. The van der Waals surface area contributed by atoms with Gasteiger partial charge in [0.1, 0.15) is 0 Å². The Kier molecular flexibility index (Phi) is 4.60. The van der Waals surface area contributed by atoms with E-state index in [4.69, 9.17) is 4.74 Å². The quantitative estimate of drug-likeness (QED) is 0.899. The minimum Gasteiger partial charge on any atom is -0.381 e. The molecule has 0 aliphatic heterocycles. The summed E-state index contributed by atoms with van der Waals surface area (Å²) in [6.45, 7) is 1.93. The second kappa shape index (κ2) is 6.03. The lowest BCUT2D eigenvalue weighted by molar-refractivity contribution is 0.107. The summed E-state index contributed by atoms with van der Waals surface area (Å²) < 4.78 is 32.3. The van der Waals surface area contributed by atoms with E-state index in [9.17, 15) is 8.42 Å². The maximum absolute atomic E-state index is 12.2. The Morgan fingerprint density at radius 1 is 1.32 bits per heavy atom. The van der Waals surface area contributed by atoms with Gasteiger partial charge in [0, 0.05) is 13.2 Å². The van der Waals surface area contributed by atoms with Crippen LogP contribution in [-0.2, 0) is 20.5 Å². The average Bonchev–Trinajstić information content (AvgIpc) is 2.78. The van der Waals surface area contributed by atoms with Crippen LogP contribution in [0.5, 0.6) is 0 Å². The Labute approximate surface area is 115 Å². The highest BCUT2D eigenvalue weighted by Crippen LogP contribution is 2.22. The molecule has 1 aromatic rings. The molecule has 2 unspecified atom stereocenters. The molecule has 4 nitrogen and oxygen atoms in total. The van der Waals surface area contributed by atoms with Crippen LogP contribution >= 0.6 is 0 Å². The van der Waals surface area contributed by atoms with Gasteiger partial charge in [-0.05, 0) is 37.3 Å². The molecule has 1 fully saturated rings. The van der Waals surface area contributed by atoms with E-state index in [2.05, 4.69) is 4.72 Å². The third-order valence-corrected chi connectivity index (χ3v) is 5.05. The fourth-order valence-corrected chi connectivity index (χ4v) is 4.07. The number of nitrogens with one attached hydrogen (secondary N) is 1. The summed E-state index contributed by atoms with van der Waals surface area (Å²) >= 11 is 0. The minimum absolute atomic E-state index is 0.0129. The lowest BCUT2D eigenvalue weighted by Gasteiger charge is -2.14. The zero-order chi connectivity index (χ0) is 13.9. The topological polar surface area (TPSA) is 55.4 Å². The average molecular weight is 283 g/mol. The first-order valence-electron chi connectivity index (χ1n) is 6.57. The molecule has 2 atom stereocenters. The standard InChI is InChI=1S/C14H21NO3S/c1-11-5-3-4-6-12(11)10-19(16,17)15-13-7-8-14(9-13)18-2/h3-6,13-15H,7-10H2,1-2H3. The Morgan fingerprint density at radius 2 is 2.05 bits per heavy atom. The van der Waals surface area contributed by atoms with Crippen LogP contribution in [0.15, 0.2) is 24.3 Å². The summed E-state index contributed by atoms with van der Waals surface area (Å²) in [6, 6.07) is 7.59. The van der Waals surface area contributed by atoms with Crippen molar-refractivity contribution >= 4 is 10.0 Å². The molecule has 1 aliphatic carbocycles. The van der Waals surface area contributed by atoms with Crippen molar-refractivity contribution in [3.05, 3.63) is 35.4 Å². The number of ether oxygens (including phenoxy) is 1. The van der Waals surface area contributed by atoms with Gasteiger partial charge in [-0.2, -0.15) is 0 Å². The predicted octanol–water partition coefficient (Wildman–Crippen LogP) is 1.98. The summed E-state index contributed by atoms with van der Waals surface area (Å²) in [5.74, 6) is 0.0494. The van der Waals surface area contributed by atoms with Crippen molar-refractivity contribution < 1.29 is 13.2 Å². The molecule has 1 saturated carbocycles. The minimum atomic E-state index is -3.28. The first-order valence-corrected chi connectivity index (χ1v) is 8.22. The molecule has 1 aliphatic rings. The molecule has 0 bridgehead atoms. The van der Waals surface area contributed by atoms with Gasteiger partial charge in [-0.3, -0.25) is 0 Å². The highest BCUT2D eigenvalue weighted by molar-refractivity contribution is 7.88. The van der Waals surface area contributed by atoms with E-state index < -0.39 is 10.0 Å². The molecule has 1 aromatic carbocycles. The van der Waals surface area contributed by atoms with Crippen LogP contribution in [0.25, 0.3) is 0 Å². The molecular formula is C14H21NO3S. The van der Waals surface area contributed by atoms with Crippen molar-refractivity contribution in [2.24, 2.45) is 0 Å². The molecular weight excluding hydrogens is 262 g/mol. The number of sulfonamides is 1. The SMILES string of the molecule is COC1CCC(NS(=O)(=O)Cc2ccccc2C)C1. The number of rotatable bonds is 5. The zero-order valence-corrected chi connectivity index (χ0v) is 12.2. The van der Waals surface area contributed by atoms with Gasteiger partial charge in [0.25, 0.3) is 0 Å². The second-order valence-electron chi connectivity index (χ2n) is 5.17. The van der Waals surface area contributed by atoms with Gasteiger partial charge >= 0.3 is 0 Å². The van der Waals surface area contributed by atoms with Gasteiger partial charge in [-0.1, -0.05) is 24.3 Å². The van der Waals surface area contributed by atoms with Gasteiger partial charge in [0.2, 0.25) is 10.0 Å². The molecule has 2 rings (SSSR count). The zero-order valence-electron chi connectivity index (χ0n) is 11.4. The van der Waals surface area contributed by atoms with E-state index in [1.165, 1.54) is 0 Å². The second-order valence-corrected chi connectivity index (χ2v) is 6.92. The summed E-state index contributed by atoms with van der Waals surface area (Å²) in [5.41, 5.74) is 1.87. The highest BCUT2D eigenvalue weighted by Gasteiger charge is 2.28. The first-order chi connectivity index (χ1) is 9.00. The number of methoxy groups -OCH3 is 1. The van der Waals surface area contributed by atoms with Crippen LogP contribution in [0.1, 0.15) is 30.4 Å². The molecule has 0 saturated heterocycles. The van der Waals surface area contributed by atoms with Crippen molar-refractivity contribution in [1.29, 1.82) is 0 Å². The number of benzene rings is 1. The normalized spacial score (nSPS) is 23.7. The van der Waals surface area contributed by atoms with E-state index in [1.807, 2.05) is 31.2 Å². The van der Waals surface area contributed by atoms with E-state index >= 15 is 0 Å². The van der Waals surface area contributed by atoms with Gasteiger partial charge in [-0.15, -0.1) is 0 Å². The van der Waals surface area contributed by atoms with Crippen LogP contribution in [0.4, 0.5) is 0 Å². The van der Waals surface area contributed by atoms with Crippen LogP contribution in [0.3, 0.4) is 0 Å². The third kappa shape index (κ3) is 4.03. The summed E-state index contributed by atoms with van der Waals surface area (Å²) in [4.78, 5) is 0. The van der Waals surface area contributed by atoms with Crippen molar-refractivity contribution in [3.8, 4) is 0 Å². The highest BCUT2D eigenvalue weighted by atomic mass is 32.2. The Bertz CT molecular complexity index is 527. The molecule has 106 valence electrons. The summed E-state index contributed by atoms with van der Waals surface area (Å²) in [7, 11) is -1.60. The molecule has 19 heavy (non-hydrogen) atoms. The Balaban J connectivity index is 1.98. The smallest absolute Gasteiger partial charge is 0.216 e. The third-order valence-electron chi connectivity index (χ3n) is 3.67. The summed E-state index contributed by atoms with van der Waals surface area (Å²) in [6.07, 6.45) is 2.73. The van der Waals surface area contributed by atoms with E-state index in [0.717, 1.165) is 30.4 Å². The van der Waals surface area contributed by atoms with Gasteiger partial charge in [0.05, 0.1) is 11.9 Å². The lowest BCUT2D eigenvalue weighted by atomic mass is 10.1. The predicted molar refractivity (Wildman–Crippen MR) is 75.4 cm³/mol. The molecule has 0 radical (unpaired) electrons. The first kappa shape index (κ1) is 14.5. The fraction of sp³-hybridized carbons (Fsp3) is 0.571. The monoisotopic (exact) mass is 283 g/mol. The molecule has 1 N–H and O–H groups in total. The number of hydrogen-bond acceptors (Lipinski definition) is 3. The maximum atomic E-state index is 12.2. The van der Waals surface area contributed by atoms with Crippen molar-refractivity contribution in [2.45, 2.75) is 44.1 Å². The van der Waals surface area contributed by atoms with E-state index in [0.29, 0.717) is 0 Å². The number of aryl methyl sites for hydroxylation is 1. The van der Waals surface area contributed by atoms with Crippen LogP contribution < -0.4 is 4.72 Å². The fourth-order valence-electron chi connectivity index (χ4n) is 2.53. The molecule has 0 spiro atoms. The lowest BCUT2D eigenvalue weighted by Crippen LogP contribution is -2.34. The molecule has 0 heterocycles. The largest absolute Gasteiger partial charge is 0.381 e. The van der Waals surface area contributed by atoms with Crippen molar-refractivity contribution in [1.82, 2.24) is 4.72 Å². The van der Waals surface area contributed by atoms with E-state index in [1.54, 1.807) is 7.11 Å². The van der Waals surface area contributed by atoms with E-state index in [-0.39, 0.29) is 17.9 Å². The van der Waals surface area contributed by atoms with Gasteiger partial charge < -0.3 is 4.74 Å². The molecule has 5 heteroatoms. The van der Waals surface area contributed by atoms with Crippen molar-refractivity contribution in [3.63, 3.8) is 0 Å². The van der Waals surface area contributed by atoms with Crippen LogP contribution in [0.2, 0.25) is 0 Å². The van der Waals surface area contributed by atoms with Gasteiger partial charge in [-0.25, -0.2) is 13.1 Å². The van der Waals surface area contributed by atoms with Crippen LogP contribution in [0, 0.1) is 6.92 Å². The molecule has 0 aromatic heterocycles. The maximum Gasteiger partial charge on any atom is 0.216 e. The van der Waals surface area contributed by atoms with Gasteiger partial charge in [0.15, 0.2) is 0 Å². The van der Waals surface area contributed by atoms with Crippen LogP contribution in [-0.4, -0.2) is 27.7 Å². The Hall–Kier alpha value is -0.910. The van der Waals surface area contributed by atoms with Crippen molar-refractivity contribution in [2.75, 3.05) is 7.11 Å². The Morgan fingerprint density at radius 3 is 2.68 bits per heavy atom.